The van der Waals surface area contributed by atoms with Crippen LogP contribution in [0.5, 0.6) is 0 Å². The van der Waals surface area contributed by atoms with Gasteiger partial charge in [0.1, 0.15) is 0 Å². The van der Waals surface area contributed by atoms with Crippen molar-refractivity contribution in [2.24, 2.45) is 11.5 Å². The number of hydrogen-bond donors (Lipinski definition) is 3. The Morgan fingerprint density at radius 1 is 1.27 bits per heavy atom. The highest BCUT2D eigenvalue weighted by Gasteiger charge is 2.13. The maximum atomic E-state index is 10.7. The molecule has 0 spiro atoms. The number of nitrogens with two attached hydrogens (primary N) is 2. The zero-order valence-electron chi connectivity index (χ0n) is 7.63. The van der Waals surface area contributed by atoms with E-state index in [2.05, 4.69) is 6.58 Å². The van der Waals surface area contributed by atoms with Crippen LogP contribution in [-0.2, 0) is 19.7 Å². The predicted molar refractivity (Wildman–Crippen MR) is 51.8 cm³/mol. The fourth-order valence-corrected chi connectivity index (χ4v) is 1.24. The SMILES string of the molecule is C=C(C/C(=C/S(=O)(=O)O)C(N)=O)C(N)=O. The molecule has 0 aliphatic heterocycles. The van der Waals surface area contributed by atoms with Crippen molar-refractivity contribution in [3.05, 3.63) is 23.1 Å². The molecule has 5 N–H and O–H groups in total. The molecule has 15 heavy (non-hydrogen) atoms. The van der Waals surface area contributed by atoms with E-state index in [1.807, 2.05) is 0 Å². The van der Waals surface area contributed by atoms with Crippen LogP contribution in [0.4, 0.5) is 0 Å². The van der Waals surface area contributed by atoms with Gasteiger partial charge in [-0.05, 0) is 0 Å². The van der Waals surface area contributed by atoms with Crippen molar-refractivity contribution in [3.63, 3.8) is 0 Å². The third-order valence-electron chi connectivity index (χ3n) is 1.36. The molecule has 0 aromatic heterocycles. The van der Waals surface area contributed by atoms with Gasteiger partial charge in [0.2, 0.25) is 11.8 Å². The zero-order valence-corrected chi connectivity index (χ0v) is 8.45. The maximum Gasteiger partial charge on any atom is 0.288 e. The van der Waals surface area contributed by atoms with Crippen molar-refractivity contribution in [1.82, 2.24) is 0 Å². The van der Waals surface area contributed by atoms with Gasteiger partial charge >= 0.3 is 0 Å². The Kier molecular flexibility index (Phi) is 4.19. The van der Waals surface area contributed by atoms with Crippen LogP contribution >= 0.6 is 0 Å². The molecule has 2 amide bonds. The first-order valence-electron chi connectivity index (χ1n) is 3.59. The number of rotatable bonds is 5. The van der Waals surface area contributed by atoms with Gasteiger partial charge in [0, 0.05) is 17.6 Å². The lowest BCUT2D eigenvalue weighted by molar-refractivity contribution is -0.114. The van der Waals surface area contributed by atoms with Crippen molar-refractivity contribution in [2.75, 3.05) is 0 Å². The van der Waals surface area contributed by atoms with Crippen molar-refractivity contribution >= 4 is 21.9 Å². The molecule has 0 saturated carbocycles. The molecule has 0 rings (SSSR count). The van der Waals surface area contributed by atoms with E-state index < -0.39 is 33.9 Å². The highest BCUT2D eigenvalue weighted by molar-refractivity contribution is 7.88. The van der Waals surface area contributed by atoms with E-state index in [0.29, 0.717) is 0 Å². The lowest BCUT2D eigenvalue weighted by atomic mass is 10.1. The predicted octanol–water partition coefficient (Wildman–Crippen LogP) is -1.32. The minimum atomic E-state index is -4.50. The molecule has 0 saturated heterocycles. The molecule has 0 radical (unpaired) electrons. The van der Waals surface area contributed by atoms with Crippen molar-refractivity contribution in [1.29, 1.82) is 0 Å². The maximum absolute atomic E-state index is 10.7. The van der Waals surface area contributed by atoms with Crippen LogP contribution in [0.1, 0.15) is 6.42 Å². The molecule has 0 aromatic carbocycles. The summed E-state index contributed by atoms with van der Waals surface area (Å²) in [5.74, 6) is -1.98. The van der Waals surface area contributed by atoms with Gasteiger partial charge in [-0.1, -0.05) is 6.58 Å². The smallest absolute Gasteiger partial charge is 0.288 e. The van der Waals surface area contributed by atoms with Gasteiger partial charge in [0.25, 0.3) is 10.1 Å². The Balaban J connectivity index is 5.04. The molecule has 8 heteroatoms. The van der Waals surface area contributed by atoms with Crippen LogP contribution in [0.3, 0.4) is 0 Å². The Hall–Kier alpha value is -1.67. The molecule has 0 heterocycles. The van der Waals surface area contributed by atoms with Crippen LogP contribution < -0.4 is 11.5 Å². The summed E-state index contributed by atoms with van der Waals surface area (Å²) in [4.78, 5) is 21.3. The van der Waals surface area contributed by atoms with Gasteiger partial charge in [-0.2, -0.15) is 8.42 Å². The summed E-state index contributed by atoms with van der Waals surface area (Å²) in [5, 5.41) is 0.253. The van der Waals surface area contributed by atoms with Crippen LogP contribution in [0.15, 0.2) is 23.1 Å². The molecular formula is C7H10N2O5S. The van der Waals surface area contributed by atoms with Crippen LogP contribution in [0, 0.1) is 0 Å². The van der Waals surface area contributed by atoms with Crippen LogP contribution in [0.2, 0.25) is 0 Å². The van der Waals surface area contributed by atoms with E-state index in [4.69, 9.17) is 16.0 Å². The van der Waals surface area contributed by atoms with E-state index >= 15 is 0 Å². The number of carbonyl (C=O) groups excluding carboxylic acids is 2. The number of amides is 2. The van der Waals surface area contributed by atoms with E-state index in [9.17, 15) is 18.0 Å². The largest absolute Gasteiger partial charge is 0.366 e. The second-order valence-electron chi connectivity index (χ2n) is 2.67. The molecular weight excluding hydrogens is 224 g/mol. The molecule has 0 unspecified atom stereocenters. The lowest BCUT2D eigenvalue weighted by Gasteiger charge is -2.02. The summed E-state index contributed by atoms with van der Waals surface area (Å²) in [7, 11) is -4.50. The first-order chi connectivity index (χ1) is 6.63. The first-order valence-corrected chi connectivity index (χ1v) is 5.09. The van der Waals surface area contributed by atoms with Gasteiger partial charge in [-0.25, -0.2) is 0 Å². The molecule has 0 aromatic rings. The number of primary amides is 2. The Morgan fingerprint density at radius 3 is 2.00 bits per heavy atom. The summed E-state index contributed by atoms with van der Waals surface area (Å²) in [6.07, 6.45) is -0.426. The summed E-state index contributed by atoms with van der Waals surface area (Å²) >= 11 is 0. The summed E-state index contributed by atoms with van der Waals surface area (Å²) in [5.41, 5.74) is 8.97. The lowest BCUT2D eigenvalue weighted by Crippen LogP contribution is -2.19. The summed E-state index contributed by atoms with van der Waals surface area (Å²) in [6.45, 7) is 3.21. The third-order valence-corrected chi connectivity index (χ3v) is 1.94. The fraction of sp³-hybridized carbons (Fsp3) is 0.143. The molecule has 0 aliphatic carbocycles. The second-order valence-corrected chi connectivity index (χ2v) is 3.93. The topological polar surface area (TPSA) is 141 Å². The highest BCUT2D eigenvalue weighted by Crippen LogP contribution is 2.10. The van der Waals surface area contributed by atoms with E-state index in [-0.39, 0.29) is 11.0 Å². The van der Waals surface area contributed by atoms with E-state index in [1.165, 1.54) is 0 Å². The first kappa shape index (κ1) is 13.3. The number of carbonyl (C=O) groups is 2. The Bertz CT molecular complexity index is 434. The highest BCUT2D eigenvalue weighted by atomic mass is 32.2. The molecule has 0 aliphatic rings. The Morgan fingerprint density at radius 2 is 1.73 bits per heavy atom. The van der Waals surface area contributed by atoms with Gasteiger partial charge in [0.15, 0.2) is 0 Å². The van der Waals surface area contributed by atoms with Crippen LogP contribution in [-0.4, -0.2) is 24.8 Å². The number of hydrogen-bond acceptors (Lipinski definition) is 4. The Labute approximate surface area is 86.2 Å². The van der Waals surface area contributed by atoms with Crippen LogP contribution in [0.25, 0.3) is 0 Å². The summed E-state index contributed by atoms with van der Waals surface area (Å²) < 4.78 is 29.3. The zero-order chi connectivity index (χ0) is 12.2. The fourth-order valence-electron chi connectivity index (χ4n) is 0.684. The standard InChI is InChI=1S/C7H10N2O5S/c1-4(6(8)10)2-5(7(9)11)3-15(12,13)14/h3H,1-2H2,(H2,8,10)(H2,9,11)(H,12,13,14)/b5-3-. The van der Waals surface area contributed by atoms with E-state index in [0.717, 1.165) is 0 Å². The minimum Gasteiger partial charge on any atom is -0.366 e. The minimum absolute atomic E-state index is 0.191. The van der Waals surface area contributed by atoms with Gasteiger partial charge in [-0.15, -0.1) is 0 Å². The van der Waals surface area contributed by atoms with E-state index in [1.54, 1.807) is 0 Å². The molecule has 84 valence electrons. The molecule has 0 bridgehead atoms. The second kappa shape index (κ2) is 4.71. The average molecular weight is 234 g/mol. The average Bonchev–Trinajstić information content (AvgIpc) is 1.99. The molecule has 7 nitrogen and oxygen atoms in total. The normalized spacial score (nSPS) is 12.2. The van der Waals surface area contributed by atoms with Gasteiger partial charge in [0.05, 0.1) is 5.41 Å². The molecule has 0 fully saturated rings. The van der Waals surface area contributed by atoms with Crippen molar-refractivity contribution in [3.8, 4) is 0 Å². The van der Waals surface area contributed by atoms with Gasteiger partial charge < -0.3 is 11.5 Å². The molecule has 0 atom stereocenters. The summed E-state index contributed by atoms with van der Waals surface area (Å²) in [6, 6.07) is 0. The monoisotopic (exact) mass is 234 g/mol. The van der Waals surface area contributed by atoms with Gasteiger partial charge in [-0.3, -0.25) is 14.1 Å². The van der Waals surface area contributed by atoms with Crippen molar-refractivity contribution < 1.29 is 22.6 Å². The third kappa shape index (κ3) is 5.60. The quantitative estimate of drug-likeness (QED) is 0.399. The van der Waals surface area contributed by atoms with Crippen molar-refractivity contribution in [2.45, 2.75) is 6.42 Å².